The van der Waals surface area contributed by atoms with Gasteiger partial charge in [0, 0.05) is 18.6 Å². The number of aliphatic hydroxyl groups excluding tert-OH is 1. The van der Waals surface area contributed by atoms with E-state index in [2.05, 4.69) is 5.32 Å². The lowest BCUT2D eigenvalue weighted by molar-refractivity contribution is 0.0695. The fourth-order valence-electron chi connectivity index (χ4n) is 1.42. The highest BCUT2D eigenvalue weighted by atomic mass is 16.4. The molecule has 0 aliphatic rings. The molecular weight excluding hydrogens is 222 g/mol. The zero-order chi connectivity index (χ0) is 13.1. The van der Waals surface area contributed by atoms with Crippen molar-refractivity contribution in [3.63, 3.8) is 0 Å². The number of rotatable bonds is 6. The molecular formula is C12H19NO4. The smallest absolute Gasteiger partial charge is 0.339 e. The van der Waals surface area contributed by atoms with E-state index >= 15 is 0 Å². The summed E-state index contributed by atoms with van der Waals surface area (Å²) in [6.45, 7) is 6.69. The van der Waals surface area contributed by atoms with E-state index < -0.39 is 5.97 Å². The van der Waals surface area contributed by atoms with Crippen LogP contribution in [0.3, 0.4) is 0 Å². The summed E-state index contributed by atoms with van der Waals surface area (Å²) in [4.78, 5) is 10.8. The zero-order valence-electron chi connectivity index (χ0n) is 10.4. The van der Waals surface area contributed by atoms with Gasteiger partial charge in [0.2, 0.25) is 0 Å². The molecule has 1 rings (SSSR count). The topological polar surface area (TPSA) is 82.7 Å². The highest BCUT2D eigenvalue weighted by molar-refractivity contribution is 5.88. The quantitative estimate of drug-likeness (QED) is 0.701. The first-order valence-electron chi connectivity index (χ1n) is 5.50. The van der Waals surface area contributed by atoms with Crippen molar-refractivity contribution < 1.29 is 19.4 Å². The number of furan rings is 1. The minimum absolute atomic E-state index is 0.0948. The van der Waals surface area contributed by atoms with Crippen LogP contribution < -0.4 is 5.32 Å². The average Bonchev–Trinajstić information content (AvgIpc) is 2.59. The van der Waals surface area contributed by atoms with Gasteiger partial charge in [0.15, 0.2) is 0 Å². The molecule has 0 fully saturated rings. The SMILES string of the molecule is Cc1oc(CNCC(C)(C)CO)cc1C(=O)O. The van der Waals surface area contributed by atoms with Gasteiger partial charge >= 0.3 is 5.97 Å². The Hall–Kier alpha value is -1.33. The van der Waals surface area contributed by atoms with Crippen LogP contribution in [0.1, 0.15) is 35.7 Å². The van der Waals surface area contributed by atoms with E-state index in [1.807, 2.05) is 13.8 Å². The monoisotopic (exact) mass is 241 g/mol. The number of hydrogen-bond donors (Lipinski definition) is 3. The summed E-state index contributed by atoms with van der Waals surface area (Å²) in [7, 11) is 0. The van der Waals surface area contributed by atoms with Crippen LogP contribution in [-0.2, 0) is 6.54 Å². The van der Waals surface area contributed by atoms with Crippen molar-refractivity contribution >= 4 is 5.97 Å². The van der Waals surface area contributed by atoms with Crippen LogP contribution in [0.4, 0.5) is 0 Å². The average molecular weight is 241 g/mol. The first-order chi connectivity index (χ1) is 7.85. The van der Waals surface area contributed by atoms with Crippen LogP contribution in [0.15, 0.2) is 10.5 Å². The largest absolute Gasteiger partial charge is 0.478 e. The lowest BCUT2D eigenvalue weighted by atomic mass is 9.95. The van der Waals surface area contributed by atoms with Gasteiger partial charge in [0.05, 0.1) is 6.54 Å². The number of carboxylic acids is 1. The fourth-order valence-corrected chi connectivity index (χ4v) is 1.42. The third-order valence-electron chi connectivity index (χ3n) is 2.53. The Labute approximate surface area is 100 Å². The highest BCUT2D eigenvalue weighted by Gasteiger charge is 2.17. The van der Waals surface area contributed by atoms with Crippen LogP contribution in [-0.4, -0.2) is 29.3 Å². The van der Waals surface area contributed by atoms with Gasteiger partial charge in [-0.2, -0.15) is 0 Å². The minimum atomic E-state index is -0.979. The van der Waals surface area contributed by atoms with Crippen LogP contribution >= 0.6 is 0 Å². The van der Waals surface area contributed by atoms with Crippen molar-refractivity contribution in [3.05, 3.63) is 23.2 Å². The van der Waals surface area contributed by atoms with Crippen LogP contribution in [0.5, 0.6) is 0 Å². The van der Waals surface area contributed by atoms with Crippen molar-refractivity contribution in [2.45, 2.75) is 27.3 Å². The zero-order valence-corrected chi connectivity index (χ0v) is 10.4. The van der Waals surface area contributed by atoms with Crippen molar-refractivity contribution in [3.8, 4) is 0 Å². The molecule has 0 atom stereocenters. The molecule has 1 aromatic rings. The number of nitrogens with one attached hydrogen (secondary N) is 1. The number of aliphatic hydroxyl groups is 1. The summed E-state index contributed by atoms with van der Waals surface area (Å²) < 4.78 is 5.32. The predicted molar refractivity (Wildman–Crippen MR) is 63.0 cm³/mol. The number of carboxylic acid groups (broad SMARTS) is 1. The normalized spacial score (nSPS) is 11.8. The number of hydrogen-bond acceptors (Lipinski definition) is 4. The maximum Gasteiger partial charge on any atom is 0.339 e. The van der Waals surface area contributed by atoms with E-state index in [0.717, 1.165) is 0 Å². The first kappa shape index (κ1) is 13.7. The number of aryl methyl sites for hydroxylation is 1. The number of carbonyl (C=O) groups is 1. The van der Waals surface area contributed by atoms with E-state index in [1.54, 1.807) is 6.92 Å². The molecule has 1 aromatic heterocycles. The van der Waals surface area contributed by atoms with Gasteiger partial charge in [-0.1, -0.05) is 13.8 Å². The van der Waals surface area contributed by atoms with Gasteiger partial charge in [-0.3, -0.25) is 0 Å². The molecule has 0 saturated heterocycles. The third kappa shape index (κ3) is 3.87. The third-order valence-corrected chi connectivity index (χ3v) is 2.53. The molecule has 0 aliphatic carbocycles. The Balaban J connectivity index is 2.53. The molecule has 0 spiro atoms. The summed E-state index contributed by atoms with van der Waals surface area (Å²) in [6.07, 6.45) is 0. The van der Waals surface area contributed by atoms with E-state index in [4.69, 9.17) is 14.6 Å². The fraction of sp³-hybridized carbons (Fsp3) is 0.583. The second-order valence-electron chi connectivity index (χ2n) is 4.91. The van der Waals surface area contributed by atoms with E-state index in [1.165, 1.54) is 6.07 Å². The Morgan fingerprint density at radius 2 is 2.18 bits per heavy atom. The second-order valence-corrected chi connectivity index (χ2v) is 4.91. The Morgan fingerprint density at radius 1 is 1.53 bits per heavy atom. The van der Waals surface area contributed by atoms with Crippen LogP contribution in [0.2, 0.25) is 0 Å². The Morgan fingerprint density at radius 3 is 2.65 bits per heavy atom. The standard InChI is InChI=1S/C12H19NO4/c1-8-10(11(15)16)4-9(17-8)5-13-6-12(2,3)7-14/h4,13-14H,5-7H2,1-3H3,(H,15,16). The Kier molecular flexibility index (Phi) is 4.31. The van der Waals surface area contributed by atoms with E-state index in [0.29, 0.717) is 24.6 Å². The van der Waals surface area contributed by atoms with Gasteiger partial charge in [-0.05, 0) is 13.0 Å². The molecule has 0 aromatic carbocycles. The molecule has 0 unspecified atom stereocenters. The summed E-state index contributed by atoms with van der Waals surface area (Å²) in [5.74, 6) is 0.0255. The molecule has 0 amide bonds. The molecule has 17 heavy (non-hydrogen) atoms. The van der Waals surface area contributed by atoms with Crippen LogP contribution in [0.25, 0.3) is 0 Å². The second kappa shape index (κ2) is 5.33. The van der Waals surface area contributed by atoms with Crippen molar-refractivity contribution in [1.29, 1.82) is 0 Å². The van der Waals surface area contributed by atoms with Crippen LogP contribution in [0, 0.1) is 12.3 Å². The molecule has 1 heterocycles. The van der Waals surface area contributed by atoms with Gasteiger partial charge in [-0.25, -0.2) is 4.79 Å². The minimum Gasteiger partial charge on any atom is -0.478 e. The molecule has 0 aliphatic heterocycles. The maximum atomic E-state index is 10.8. The molecule has 3 N–H and O–H groups in total. The van der Waals surface area contributed by atoms with Crippen molar-refractivity contribution in [2.24, 2.45) is 5.41 Å². The van der Waals surface area contributed by atoms with Gasteiger partial charge in [0.1, 0.15) is 17.1 Å². The molecule has 5 nitrogen and oxygen atoms in total. The van der Waals surface area contributed by atoms with E-state index in [-0.39, 0.29) is 17.6 Å². The maximum absolute atomic E-state index is 10.8. The summed E-state index contributed by atoms with van der Waals surface area (Å²) in [5, 5.41) is 21.1. The molecule has 0 saturated carbocycles. The van der Waals surface area contributed by atoms with Crippen molar-refractivity contribution in [2.75, 3.05) is 13.2 Å². The summed E-state index contributed by atoms with van der Waals surface area (Å²) >= 11 is 0. The Bertz CT molecular complexity index is 395. The van der Waals surface area contributed by atoms with Gasteiger partial charge in [0.25, 0.3) is 0 Å². The van der Waals surface area contributed by atoms with Gasteiger partial charge < -0.3 is 19.9 Å². The lowest BCUT2D eigenvalue weighted by Crippen LogP contribution is -2.31. The molecule has 0 bridgehead atoms. The lowest BCUT2D eigenvalue weighted by Gasteiger charge is -2.21. The highest BCUT2D eigenvalue weighted by Crippen LogP contribution is 2.15. The number of aromatic carboxylic acids is 1. The predicted octanol–water partition coefficient (Wildman–Crippen LogP) is 1.39. The first-order valence-corrected chi connectivity index (χ1v) is 5.50. The molecule has 5 heteroatoms. The summed E-state index contributed by atoms with van der Waals surface area (Å²) in [5.41, 5.74) is 0.000267. The summed E-state index contributed by atoms with van der Waals surface area (Å²) in [6, 6.07) is 1.52. The van der Waals surface area contributed by atoms with E-state index in [9.17, 15) is 4.79 Å². The molecule has 0 radical (unpaired) electrons. The molecule has 96 valence electrons. The van der Waals surface area contributed by atoms with Gasteiger partial charge in [-0.15, -0.1) is 0 Å². The van der Waals surface area contributed by atoms with Crippen molar-refractivity contribution in [1.82, 2.24) is 5.32 Å².